The van der Waals surface area contributed by atoms with Gasteiger partial charge < -0.3 is 20.2 Å². The molecule has 256 valence electrons. The van der Waals surface area contributed by atoms with E-state index in [-0.39, 0.29) is 43.1 Å². The number of para-hydroxylation sites is 1. The topological polar surface area (TPSA) is 128 Å². The first-order valence-corrected chi connectivity index (χ1v) is 17.9. The number of fused-ring (bicyclic) bond motifs is 1. The number of benzene rings is 3. The van der Waals surface area contributed by atoms with Crippen molar-refractivity contribution in [3.63, 3.8) is 0 Å². The molecule has 0 radical (unpaired) electrons. The highest BCUT2D eigenvalue weighted by molar-refractivity contribution is 7.89. The molecule has 4 N–H and O–H groups in total. The molecule has 0 aromatic heterocycles. The third-order valence-electron chi connectivity index (χ3n) is 8.33. The van der Waals surface area contributed by atoms with Crippen molar-refractivity contribution < 1.29 is 22.7 Å². The lowest BCUT2D eigenvalue weighted by molar-refractivity contribution is -0.156. The Balaban J connectivity index is 0.00000294. The maximum atomic E-state index is 13.7. The Hall–Kier alpha value is -3.86. The number of hydrogen-bond acceptors (Lipinski definition) is 8. The van der Waals surface area contributed by atoms with Gasteiger partial charge in [-0.25, -0.2) is 14.3 Å². The van der Waals surface area contributed by atoms with Gasteiger partial charge in [-0.3, -0.25) is 4.79 Å². The average Bonchev–Trinajstić information content (AvgIpc) is 3.18. The SMILES string of the molecule is CC.CCCN(N)/C=C(\N)CC[C@@H](c1ccc(C)c(CN2CCOc3ccccc3S2(=O)=O)c1)C(C)(C)C(=O)OCc1ccccc1. The van der Waals surface area contributed by atoms with Crippen molar-refractivity contribution in [2.24, 2.45) is 17.0 Å². The van der Waals surface area contributed by atoms with Crippen LogP contribution in [0.1, 0.15) is 82.1 Å². The van der Waals surface area contributed by atoms with Crippen LogP contribution in [0.25, 0.3) is 0 Å². The van der Waals surface area contributed by atoms with Crippen molar-refractivity contribution in [3.8, 4) is 5.75 Å². The molecule has 0 unspecified atom stereocenters. The third kappa shape index (κ3) is 9.82. The Morgan fingerprint density at radius 1 is 1.09 bits per heavy atom. The molecule has 3 aromatic rings. The number of carbonyl (C=O) groups is 1. The van der Waals surface area contributed by atoms with E-state index < -0.39 is 15.4 Å². The standard InChI is InChI=1S/C35H46N4O5S.C2H6/c1-5-19-38(37)24-30(36)17-18-31(35(3,4)34(40)44-25-27-11-7-6-8-12-27)28-16-15-26(2)29(22-28)23-39-20-21-43-32-13-9-10-14-33(32)45(39,41)42;1-2/h6-16,22,24,31H,5,17-21,23,25,36-37H2,1-4H3;1-2H3/b30-24-;/t31-;/m0./s1. The summed E-state index contributed by atoms with van der Waals surface area (Å²) in [5.74, 6) is 5.82. The van der Waals surface area contributed by atoms with Gasteiger partial charge in [-0.2, -0.15) is 4.31 Å². The molecule has 10 heteroatoms. The van der Waals surface area contributed by atoms with Gasteiger partial charge in [0.25, 0.3) is 0 Å². The number of aryl methyl sites for hydroxylation is 1. The molecule has 9 nitrogen and oxygen atoms in total. The maximum Gasteiger partial charge on any atom is 0.312 e. The van der Waals surface area contributed by atoms with Crippen LogP contribution >= 0.6 is 0 Å². The van der Waals surface area contributed by atoms with Gasteiger partial charge in [-0.05, 0) is 80.3 Å². The van der Waals surface area contributed by atoms with Crippen molar-refractivity contribution in [2.75, 3.05) is 19.7 Å². The Labute approximate surface area is 281 Å². The van der Waals surface area contributed by atoms with Gasteiger partial charge in [-0.15, -0.1) is 0 Å². The Kier molecular flexibility index (Phi) is 13.9. The molecule has 0 fully saturated rings. The highest BCUT2D eigenvalue weighted by Gasteiger charge is 2.39. The molecule has 4 rings (SSSR count). The fourth-order valence-electron chi connectivity index (χ4n) is 5.64. The lowest BCUT2D eigenvalue weighted by atomic mass is 9.72. The van der Waals surface area contributed by atoms with Crippen LogP contribution in [0.5, 0.6) is 5.75 Å². The van der Waals surface area contributed by atoms with Crippen LogP contribution in [0.3, 0.4) is 0 Å². The Bertz CT molecular complexity index is 1590. The first-order valence-electron chi connectivity index (χ1n) is 16.4. The van der Waals surface area contributed by atoms with Crippen molar-refractivity contribution >= 4 is 16.0 Å². The number of hydrogen-bond donors (Lipinski definition) is 2. The minimum absolute atomic E-state index is 0.163. The van der Waals surface area contributed by atoms with E-state index in [0.717, 1.165) is 28.7 Å². The smallest absolute Gasteiger partial charge is 0.312 e. The van der Waals surface area contributed by atoms with Gasteiger partial charge in [0.1, 0.15) is 23.9 Å². The molecule has 1 atom stereocenters. The maximum absolute atomic E-state index is 13.7. The predicted molar refractivity (Wildman–Crippen MR) is 188 cm³/mol. The zero-order valence-corrected chi connectivity index (χ0v) is 29.6. The number of esters is 1. The van der Waals surface area contributed by atoms with Crippen LogP contribution in [-0.4, -0.2) is 43.4 Å². The summed E-state index contributed by atoms with van der Waals surface area (Å²) in [7, 11) is -3.79. The van der Waals surface area contributed by atoms with Crippen LogP contribution in [0.15, 0.2) is 89.6 Å². The Morgan fingerprint density at radius 3 is 2.47 bits per heavy atom. The minimum Gasteiger partial charge on any atom is -0.491 e. The molecule has 0 amide bonds. The van der Waals surface area contributed by atoms with Crippen molar-refractivity contribution in [3.05, 3.63) is 107 Å². The molecular weight excluding hydrogens is 612 g/mol. The van der Waals surface area contributed by atoms with E-state index in [4.69, 9.17) is 21.1 Å². The van der Waals surface area contributed by atoms with E-state index in [1.54, 1.807) is 35.5 Å². The van der Waals surface area contributed by atoms with Crippen LogP contribution < -0.4 is 16.3 Å². The van der Waals surface area contributed by atoms with Gasteiger partial charge in [-0.1, -0.05) is 81.4 Å². The molecule has 0 saturated carbocycles. The van der Waals surface area contributed by atoms with Gasteiger partial charge in [0.2, 0.25) is 10.0 Å². The summed E-state index contributed by atoms with van der Waals surface area (Å²) in [5.41, 5.74) is 9.70. The van der Waals surface area contributed by atoms with Gasteiger partial charge in [0.15, 0.2) is 0 Å². The summed E-state index contributed by atoms with van der Waals surface area (Å²) in [6.45, 7) is 13.3. The number of hydrazine groups is 1. The quantitative estimate of drug-likeness (QED) is 0.119. The molecule has 1 aliphatic heterocycles. The lowest BCUT2D eigenvalue weighted by Gasteiger charge is -2.33. The second-order valence-electron chi connectivity index (χ2n) is 12.1. The first kappa shape index (κ1) is 37.6. The summed E-state index contributed by atoms with van der Waals surface area (Å²) in [5, 5.41) is 1.58. The molecule has 1 aliphatic rings. The number of nitrogens with zero attached hydrogens (tertiary/aromatic N) is 2. The molecule has 0 aliphatic carbocycles. The molecular formula is C37H52N4O5S. The fourth-order valence-corrected chi connectivity index (χ4v) is 7.17. The molecule has 0 saturated heterocycles. The van der Waals surface area contributed by atoms with E-state index in [9.17, 15) is 13.2 Å². The van der Waals surface area contributed by atoms with Crippen LogP contribution in [-0.2, 0) is 32.7 Å². The number of ether oxygens (including phenoxy) is 2. The van der Waals surface area contributed by atoms with Gasteiger partial charge in [0, 0.05) is 31.5 Å². The van der Waals surface area contributed by atoms with E-state index in [2.05, 4.69) is 0 Å². The summed E-state index contributed by atoms with van der Waals surface area (Å²) >= 11 is 0. The minimum atomic E-state index is -3.79. The normalized spacial score (nSPS) is 15.3. The van der Waals surface area contributed by atoms with E-state index in [0.29, 0.717) is 30.8 Å². The average molecular weight is 665 g/mol. The second kappa shape index (κ2) is 17.3. The highest BCUT2D eigenvalue weighted by Crippen LogP contribution is 2.42. The van der Waals surface area contributed by atoms with E-state index in [1.165, 1.54) is 4.31 Å². The van der Waals surface area contributed by atoms with Gasteiger partial charge >= 0.3 is 5.97 Å². The Morgan fingerprint density at radius 2 is 1.77 bits per heavy atom. The summed E-state index contributed by atoms with van der Waals surface area (Å²) < 4.78 is 40.4. The predicted octanol–water partition coefficient (Wildman–Crippen LogP) is 6.62. The third-order valence-corrected chi connectivity index (χ3v) is 10.2. The monoisotopic (exact) mass is 664 g/mol. The van der Waals surface area contributed by atoms with Crippen LogP contribution in [0, 0.1) is 12.3 Å². The highest BCUT2D eigenvalue weighted by atomic mass is 32.2. The largest absolute Gasteiger partial charge is 0.491 e. The van der Waals surface area contributed by atoms with Gasteiger partial charge in [0.05, 0.1) is 5.41 Å². The van der Waals surface area contributed by atoms with Crippen molar-refractivity contribution in [2.45, 2.75) is 84.8 Å². The second-order valence-corrected chi connectivity index (χ2v) is 14.0. The van der Waals surface area contributed by atoms with Crippen LogP contribution in [0.4, 0.5) is 0 Å². The number of nitrogens with two attached hydrogens (primary N) is 2. The van der Waals surface area contributed by atoms with Crippen molar-refractivity contribution in [1.29, 1.82) is 0 Å². The molecule has 1 heterocycles. The van der Waals surface area contributed by atoms with Crippen molar-refractivity contribution in [1.82, 2.24) is 9.31 Å². The van der Waals surface area contributed by atoms with E-state index in [1.807, 2.05) is 90.1 Å². The molecule has 47 heavy (non-hydrogen) atoms. The number of sulfonamides is 1. The first-order chi connectivity index (χ1) is 22.4. The summed E-state index contributed by atoms with van der Waals surface area (Å²) in [4.78, 5) is 13.8. The van der Waals surface area contributed by atoms with Crippen LogP contribution in [0.2, 0.25) is 0 Å². The molecule has 3 aromatic carbocycles. The number of rotatable bonds is 13. The fraction of sp³-hybridized carbons (Fsp3) is 0.432. The zero-order chi connectivity index (χ0) is 34.6. The number of carbonyl (C=O) groups excluding carboxylic acids is 1. The lowest BCUT2D eigenvalue weighted by Crippen LogP contribution is -2.34. The summed E-state index contributed by atoms with van der Waals surface area (Å²) in [6.07, 6.45) is 3.70. The molecule has 0 spiro atoms. The summed E-state index contributed by atoms with van der Waals surface area (Å²) in [6, 6.07) is 22.3. The zero-order valence-electron chi connectivity index (χ0n) is 28.7. The van der Waals surface area contributed by atoms with E-state index >= 15 is 0 Å². The number of allylic oxidation sites excluding steroid dienone is 1. The molecule has 0 bridgehead atoms.